The molecule has 1 aromatic heterocycles. The summed E-state index contributed by atoms with van der Waals surface area (Å²) >= 11 is 0. The lowest BCUT2D eigenvalue weighted by atomic mass is 10.1. The van der Waals surface area contributed by atoms with Crippen LogP contribution >= 0.6 is 0 Å². The van der Waals surface area contributed by atoms with E-state index >= 15 is 0 Å². The summed E-state index contributed by atoms with van der Waals surface area (Å²) in [5, 5.41) is 9.95. The maximum absolute atomic E-state index is 11.5. The van der Waals surface area contributed by atoms with Crippen LogP contribution in [-0.4, -0.2) is 53.6 Å². The lowest BCUT2D eigenvalue weighted by molar-refractivity contribution is 0.100. The minimum atomic E-state index is -0.475. The van der Waals surface area contributed by atoms with Gasteiger partial charge in [-0.05, 0) is 43.5 Å². The molecular formula is C20H30N8O. The van der Waals surface area contributed by atoms with Gasteiger partial charge in [0, 0.05) is 37.4 Å². The van der Waals surface area contributed by atoms with Crippen LogP contribution in [0.4, 0.5) is 23.5 Å². The number of benzene rings is 1. The van der Waals surface area contributed by atoms with E-state index < -0.39 is 5.91 Å². The zero-order valence-corrected chi connectivity index (χ0v) is 17.5. The Labute approximate surface area is 171 Å². The molecule has 3 rings (SSSR count). The van der Waals surface area contributed by atoms with Crippen LogP contribution in [0.5, 0.6) is 0 Å². The third-order valence-electron chi connectivity index (χ3n) is 4.77. The molecule has 9 nitrogen and oxygen atoms in total. The number of aryl methyl sites for hydroxylation is 1. The summed E-state index contributed by atoms with van der Waals surface area (Å²) < 4.78 is 0. The van der Waals surface area contributed by atoms with E-state index in [-0.39, 0.29) is 6.04 Å². The molecule has 9 heteroatoms. The van der Waals surface area contributed by atoms with E-state index in [1.807, 2.05) is 24.9 Å². The van der Waals surface area contributed by atoms with Crippen LogP contribution in [0.3, 0.4) is 0 Å². The molecule has 2 heterocycles. The van der Waals surface area contributed by atoms with E-state index in [1.165, 1.54) is 0 Å². The number of carbonyl (C=O) groups excluding carboxylic acids is 1. The molecule has 1 saturated heterocycles. The van der Waals surface area contributed by atoms with Crippen molar-refractivity contribution in [2.24, 2.45) is 11.7 Å². The Morgan fingerprint density at radius 3 is 2.72 bits per heavy atom. The van der Waals surface area contributed by atoms with Crippen molar-refractivity contribution in [2.75, 3.05) is 42.2 Å². The average molecular weight is 399 g/mol. The summed E-state index contributed by atoms with van der Waals surface area (Å²) in [6, 6.07) is 5.55. The Hall–Kier alpha value is -2.94. The van der Waals surface area contributed by atoms with E-state index in [1.54, 1.807) is 12.1 Å². The van der Waals surface area contributed by atoms with Gasteiger partial charge < -0.3 is 26.6 Å². The second kappa shape index (κ2) is 9.04. The SMILES string of the molecule is Cc1ccc(C(N)=O)cc1Nc1nc(N[C@H]2CCNC2)nc(N(C)CC(C)C)n1. The van der Waals surface area contributed by atoms with Crippen molar-refractivity contribution in [1.82, 2.24) is 20.3 Å². The molecule has 156 valence electrons. The van der Waals surface area contributed by atoms with Crippen LogP contribution in [0.1, 0.15) is 36.2 Å². The number of nitrogens with zero attached hydrogens (tertiary/aromatic N) is 4. The topological polar surface area (TPSA) is 121 Å². The largest absolute Gasteiger partial charge is 0.366 e. The number of amides is 1. The minimum absolute atomic E-state index is 0.286. The van der Waals surface area contributed by atoms with Gasteiger partial charge in [-0.1, -0.05) is 19.9 Å². The number of carbonyl (C=O) groups is 1. The first kappa shape index (κ1) is 20.8. The number of hydrogen-bond acceptors (Lipinski definition) is 8. The maximum atomic E-state index is 11.5. The van der Waals surface area contributed by atoms with Crippen LogP contribution < -0.4 is 26.6 Å². The monoisotopic (exact) mass is 398 g/mol. The molecule has 1 amide bonds. The van der Waals surface area contributed by atoms with Crippen molar-refractivity contribution in [1.29, 1.82) is 0 Å². The molecule has 2 aromatic rings. The first-order chi connectivity index (χ1) is 13.8. The number of nitrogens with two attached hydrogens (primary N) is 1. The molecular weight excluding hydrogens is 368 g/mol. The van der Waals surface area contributed by atoms with Crippen LogP contribution in [-0.2, 0) is 0 Å². The number of nitrogens with one attached hydrogen (secondary N) is 3. The van der Waals surface area contributed by atoms with Gasteiger partial charge >= 0.3 is 0 Å². The van der Waals surface area contributed by atoms with E-state index in [9.17, 15) is 4.79 Å². The third kappa shape index (κ3) is 5.54. The fourth-order valence-electron chi connectivity index (χ4n) is 3.28. The van der Waals surface area contributed by atoms with Crippen LogP contribution in [0.15, 0.2) is 18.2 Å². The minimum Gasteiger partial charge on any atom is -0.366 e. The van der Waals surface area contributed by atoms with E-state index in [0.717, 1.165) is 37.3 Å². The number of anilines is 4. The fraction of sp³-hybridized carbons (Fsp3) is 0.500. The molecule has 1 aliphatic heterocycles. The second-order valence-electron chi connectivity index (χ2n) is 7.91. The molecule has 0 radical (unpaired) electrons. The molecule has 1 aliphatic rings. The second-order valence-corrected chi connectivity index (χ2v) is 7.91. The summed E-state index contributed by atoms with van der Waals surface area (Å²) in [5.74, 6) is 1.54. The van der Waals surface area contributed by atoms with Gasteiger partial charge in [0.15, 0.2) is 0 Å². The maximum Gasteiger partial charge on any atom is 0.248 e. The Morgan fingerprint density at radius 1 is 1.31 bits per heavy atom. The predicted octanol–water partition coefficient (Wildman–Crippen LogP) is 1.89. The molecule has 1 atom stereocenters. The van der Waals surface area contributed by atoms with Gasteiger partial charge in [-0.15, -0.1) is 0 Å². The summed E-state index contributed by atoms with van der Waals surface area (Å²) in [5.41, 5.74) is 7.55. The van der Waals surface area contributed by atoms with Crippen LogP contribution in [0.2, 0.25) is 0 Å². The molecule has 0 bridgehead atoms. The zero-order chi connectivity index (χ0) is 21.0. The van der Waals surface area contributed by atoms with Crippen molar-refractivity contribution < 1.29 is 4.79 Å². The van der Waals surface area contributed by atoms with Gasteiger partial charge in [-0.2, -0.15) is 15.0 Å². The lowest BCUT2D eigenvalue weighted by Gasteiger charge is -2.21. The highest BCUT2D eigenvalue weighted by atomic mass is 16.1. The third-order valence-corrected chi connectivity index (χ3v) is 4.77. The first-order valence-corrected chi connectivity index (χ1v) is 9.93. The Balaban J connectivity index is 1.91. The normalized spacial score (nSPS) is 16.1. The highest BCUT2D eigenvalue weighted by Crippen LogP contribution is 2.22. The van der Waals surface area contributed by atoms with Gasteiger partial charge in [0.25, 0.3) is 0 Å². The summed E-state index contributed by atoms with van der Waals surface area (Å²) in [7, 11) is 1.97. The van der Waals surface area contributed by atoms with Gasteiger partial charge in [-0.3, -0.25) is 4.79 Å². The fourth-order valence-corrected chi connectivity index (χ4v) is 3.28. The first-order valence-electron chi connectivity index (χ1n) is 9.93. The summed E-state index contributed by atoms with van der Waals surface area (Å²) in [4.78, 5) is 27.3. The number of primary amides is 1. The molecule has 5 N–H and O–H groups in total. The number of aromatic nitrogens is 3. The van der Waals surface area contributed by atoms with Gasteiger partial charge in [0.1, 0.15) is 0 Å². The van der Waals surface area contributed by atoms with Crippen molar-refractivity contribution >= 4 is 29.4 Å². The summed E-state index contributed by atoms with van der Waals surface area (Å²) in [6.45, 7) is 8.93. The molecule has 0 aliphatic carbocycles. The zero-order valence-electron chi connectivity index (χ0n) is 17.5. The molecule has 29 heavy (non-hydrogen) atoms. The Kier molecular flexibility index (Phi) is 6.48. The van der Waals surface area contributed by atoms with Crippen molar-refractivity contribution in [2.45, 2.75) is 33.2 Å². The number of rotatable bonds is 8. The van der Waals surface area contributed by atoms with E-state index in [4.69, 9.17) is 5.73 Å². The van der Waals surface area contributed by atoms with Crippen molar-refractivity contribution in [3.8, 4) is 0 Å². The van der Waals surface area contributed by atoms with Crippen LogP contribution in [0, 0.1) is 12.8 Å². The molecule has 0 spiro atoms. The molecule has 1 aromatic carbocycles. The van der Waals surface area contributed by atoms with Gasteiger partial charge in [0.05, 0.1) is 0 Å². The Morgan fingerprint density at radius 2 is 2.07 bits per heavy atom. The molecule has 0 saturated carbocycles. The van der Waals surface area contributed by atoms with Gasteiger partial charge in [0.2, 0.25) is 23.8 Å². The standard InChI is InChI=1S/C20H30N8O/c1-12(2)11-28(4)20-26-18(23-15-7-8-22-10-15)25-19(27-20)24-16-9-14(17(21)29)6-5-13(16)3/h5-6,9,12,15,22H,7-8,10-11H2,1-4H3,(H2,21,29)(H2,23,24,25,26,27)/t15-/m0/s1. The van der Waals surface area contributed by atoms with E-state index in [0.29, 0.717) is 29.3 Å². The number of hydrogen-bond donors (Lipinski definition) is 4. The predicted molar refractivity (Wildman–Crippen MR) is 116 cm³/mol. The molecule has 0 unspecified atom stereocenters. The van der Waals surface area contributed by atoms with Crippen molar-refractivity contribution in [3.05, 3.63) is 29.3 Å². The quantitative estimate of drug-likeness (QED) is 0.532. The van der Waals surface area contributed by atoms with Crippen LogP contribution in [0.25, 0.3) is 0 Å². The molecule has 1 fully saturated rings. The lowest BCUT2D eigenvalue weighted by Crippen LogP contribution is -2.27. The van der Waals surface area contributed by atoms with Crippen molar-refractivity contribution in [3.63, 3.8) is 0 Å². The van der Waals surface area contributed by atoms with Gasteiger partial charge in [-0.25, -0.2) is 0 Å². The highest BCUT2D eigenvalue weighted by molar-refractivity contribution is 5.94. The average Bonchev–Trinajstić information content (AvgIpc) is 3.15. The Bertz CT molecular complexity index is 864. The summed E-state index contributed by atoms with van der Waals surface area (Å²) in [6.07, 6.45) is 1.02. The highest BCUT2D eigenvalue weighted by Gasteiger charge is 2.18. The smallest absolute Gasteiger partial charge is 0.248 e. The van der Waals surface area contributed by atoms with E-state index in [2.05, 4.69) is 44.7 Å².